The largest absolute Gasteiger partial charge is 0.462 e. The molecule has 0 aromatic heterocycles. The predicted molar refractivity (Wildman–Crippen MR) is 76.5 cm³/mol. The first-order valence-corrected chi connectivity index (χ1v) is 6.70. The summed E-state index contributed by atoms with van der Waals surface area (Å²) in [5, 5.41) is 5.81. The molecular weight excluding hydrogens is 258 g/mol. The van der Waals surface area contributed by atoms with Gasteiger partial charge >= 0.3 is 5.97 Å². The summed E-state index contributed by atoms with van der Waals surface area (Å²) < 4.78 is 4.92. The molecule has 0 bridgehead atoms. The Morgan fingerprint density at radius 2 is 2.15 bits per heavy atom. The molecule has 1 saturated carbocycles. The van der Waals surface area contributed by atoms with E-state index in [-0.39, 0.29) is 12.5 Å². The molecule has 1 amide bonds. The van der Waals surface area contributed by atoms with Crippen molar-refractivity contribution in [1.29, 1.82) is 0 Å². The lowest BCUT2D eigenvalue weighted by atomic mass is 10.1. The smallest absolute Gasteiger partial charge is 0.338 e. The minimum atomic E-state index is -0.405. The number of nitrogen functional groups attached to an aromatic ring is 1. The van der Waals surface area contributed by atoms with Crippen LogP contribution >= 0.6 is 0 Å². The van der Waals surface area contributed by atoms with Crippen LogP contribution in [0.3, 0.4) is 0 Å². The van der Waals surface area contributed by atoms with E-state index in [0.29, 0.717) is 29.6 Å². The number of hydrogen-bond donors (Lipinski definition) is 3. The summed E-state index contributed by atoms with van der Waals surface area (Å²) in [6.45, 7) is 2.19. The van der Waals surface area contributed by atoms with Crippen molar-refractivity contribution in [2.75, 3.05) is 24.2 Å². The summed E-state index contributed by atoms with van der Waals surface area (Å²) in [5.41, 5.74) is 7.27. The standard InChI is InChI=1S/C14H19N3O3/c1-2-20-14(19)9-3-6-11(15)12(7-9)16-8-13(18)17-10-4-5-10/h3,6-7,10,16H,2,4-5,8,15H2,1H3,(H,17,18). The highest BCUT2D eigenvalue weighted by Crippen LogP contribution is 2.21. The second kappa shape index (κ2) is 6.27. The molecule has 1 aromatic carbocycles. The number of esters is 1. The van der Waals surface area contributed by atoms with Crippen molar-refractivity contribution in [2.45, 2.75) is 25.8 Å². The third-order valence-corrected chi connectivity index (χ3v) is 2.95. The van der Waals surface area contributed by atoms with Crippen molar-refractivity contribution in [3.63, 3.8) is 0 Å². The SMILES string of the molecule is CCOC(=O)c1ccc(N)c(NCC(=O)NC2CC2)c1. The van der Waals surface area contributed by atoms with E-state index in [1.165, 1.54) is 0 Å². The molecule has 0 spiro atoms. The monoisotopic (exact) mass is 277 g/mol. The summed E-state index contributed by atoms with van der Waals surface area (Å²) in [5.74, 6) is -0.480. The van der Waals surface area contributed by atoms with Crippen molar-refractivity contribution in [3.05, 3.63) is 23.8 Å². The zero-order chi connectivity index (χ0) is 14.5. The maximum Gasteiger partial charge on any atom is 0.338 e. The van der Waals surface area contributed by atoms with Crippen LogP contribution in [0.4, 0.5) is 11.4 Å². The fourth-order valence-corrected chi connectivity index (χ4v) is 1.73. The highest BCUT2D eigenvalue weighted by Gasteiger charge is 2.23. The van der Waals surface area contributed by atoms with Gasteiger partial charge in [-0.25, -0.2) is 4.79 Å². The molecule has 1 aromatic rings. The number of carbonyl (C=O) groups is 2. The Labute approximate surface area is 117 Å². The van der Waals surface area contributed by atoms with Crippen LogP contribution in [0.25, 0.3) is 0 Å². The zero-order valence-electron chi connectivity index (χ0n) is 11.4. The van der Waals surface area contributed by atoms with Crippen molar-refractivity contribution >= 4 is 23.3 Å². The number of nitrogens with one attached hydrogen (secondary N) is 2. The summed E-state index contributed by atoms with van der Waals surface area (Å²) >= 11 is 0. The molecule has 108 valence electrons. The van der Waals surface area contributed by atoms with Crippen molar-refractivity contribution < 1.29 is 14.3 Å². The lowest BCUT2D eigenvalue weighted by Crippen LogP contribution is -2.31. The molecule has 1 fully saturated rings. The Hall–Kier alpha value is -2.24. The fourth-order valence-electron chi connectivity index (χ4n) is 1.73. The van der Waals surface area contributed by atoms with Gasteiger partial charge in [0.05, 0.1) is 30.1 Å². The molecule has 2 rings (SSSR count). The van der Waals surface area contributed by atoms with E-state index in [9.17, 15) is 9.59 Å². The quantitative estimate of drug-likeness (QED) is 0.535. The van der Waals surface area contributed by atoms with E-state index in [1.54, 1.807) is 25.1 Å². The van der Waals surface area contributed by atoms with Gasteiger partial charge in [-0.3, -0.25) is 4.79 Å². The summed E-state index contributed by atoms with van der Waals surface area (Å²) in [6.07, 6.45) is 2.10. The average molecular weight is 277 g/mol. The van der Waals surface area contributed by atoms with Gasteiger partial charge in [-0.1, -0.05) is 0 Å². The fraction of sp³-hybridized carbons (Fsp3) is 0.429. The maximum absolute atomic E-state index is 11.6. The molecule has 0 heterocycles. The molecular formula is C14H19N3O3. The normalized spacial score (nSPS) is 13.7. The van der Waals surface area contributed by atoms with E-state index in [0.717, 1.165) is 12.8 Å². The molecule has 20 heavy (non-hydrogen) atoms. The third kappa shape index (κ3) is 3.88. The molecule has 0 saturated heterocycles. The first-order chi connectivity index (χ1) is 9.60. The molecule has 1 aliphatic carbocycles. The van der Waals surface area contributed by atoms with Gasteiger partial charge in [-0.2, -0.15) is 0 Å². The highest BCUT2D eigenvalue weighted by molar-refractivity contribution is 5.92. The van der Waals surface area contributed by atoms with Crippen molar-refractivity contribution in [1.82, 2.24) is 5.32 Å². The molecule has 0 aliphatic heterocycles. The maximum atomic E-state index is 11.6. The van der Waals surface area contributed by atoms with Gasteiger partial charge in [0.25, 0.3) is 0 Å². The Kier molecular flexibility index (Phi) is 4.45. The van der Waals surface area contributed by atoms with Crippen LogP contribution in [0, 0.1) is 0 Å². The molecule has 0 atom stereocenters. The number of hydrogen-bond acceptors (Lipinski definition) is 5. The number of anilines is 2. The van der Waals surface area contributed by atoms with E-state index in [2.05, 4.69) is 10.6 Å². The second-order valence-corrected chi connectivity index (χ2v) is 4.72. The van der Waals surface area contributed by atoms with Crippen molar-refractivity contribution in [3.8, 4) is 0 Å². The number of benzene rings is 1. The first-order valence-electron chi connectivity index (χ1n) is 6.70. The zero-order valence-corrected chi connectivity index (χ0v) is 11.4. The van der Waals surface area contributed by atoms with Gasteiger partial charge in [-0.15, -0.1) is 0 Å². The molecule has 1 aliphatic rings. The molecule has 6 heteroatoms. The van der Waals surface area contributed by atoms with Gasteiger partial charge in [0.2, 0.25) is 5.91 Å². The van der Waals surface area contributed by atoms with E-state index < -0.39 is 5.97 Å². The van der Waals surface area contributed by atoms with Crippen molar-refractivity contribution in [2.24, 2.45) is 0 Å². The first kappa shape index (κ1) is 14.2. The van der Waals surface area contributed by atoms with Gasteiger partial charge in [-0.05, 0) is 38.0 Å². The number of rotatable bonds is 6. The molecule has 0 radical (unpaired) electrons. The Balaban J connectivity index is 1.96. The lowest BCUT2D eigenvalue weighted by molar-refractivity contribution is -0.119. The van der Waals surface area contributed by atoms with Gasteiger partial charge in [0.1, 0.15) is 0 Å². The Morgan fingerprint density at radius 1 is 1.40 bits per heavy atom. The van der Waals surface area contributed by atoms with E-state index in [4.69, 9.17) is 10.5 Å². The number of amides is 1. The predicted octanol–water partition coefficient (Wildman–Crippen LogP) is 1.14. The summed E-state index contributed by atoms with van der Waals surface area (Å²) in [6, 6.07) is 5.14. The number of ether oxygens (including phenoxy) is 1. The van der Waals surface area contributed by atoms with E-state index >= 15 is 0 Å². The topological polar surface area (TPSA) is 93.4 Å². The van der Waals surface area contributed by atoms with Crippen LogP contribution in [0.2, 0.25) is 0 Å². The van der Waals surface area contributed by atoms with Gasteiger partial charge in [0, 0.05) is 6.04 Å². The summed E-state index contributed by atoms with van der Waals surface area (Å²) in [7, 11) is 0. The van der Waals surface area contributed by atoms with Gasteiger partial charge in [0.15, 0.2) is 0 Å². The third-order valence-electron chi connectivity index (χ3n) is 2.95. The van der Waals surface area contributed by atoms with Crippen LogP contribution in [-0.2, 0) is 9.53 Å². The number of carbonyl (C=O) groups excluding carboxylic acids is 2. The molecule has 4 N–H and O–H groups in total. The molecule has 6 nitrogen and oxygen atoms in total. The summed E-state index contributed by atoms with van der Waals surface area (Å²) in [4.78, 5) is 23.2. The number of nitrogens with two attached hydrogens (primary N) is 1. The Bertz CT molecular complexity index is 512. The Morgan fingerprint density at radius 3 is 2.80 bits per heavy atom. The van der Waals surface area contributed by atoms with Crippen LogP contribution < -0.4 is 16.4 Å². The van der Waals surface area contributed by atoms with E-state index in [1.807, 2.05) is 0 Å². The second-order valence-electron chi connectivity index (χ2n) is 4.72. The minimum Gasteiger partial charge on any atom is -0.462 e. The van der Waals surface area contributed by atoms with Crippen LogP contribution in [-0.4, -0.2) is 31.1 Å². The van der Waals surface area contributed by atoms with Crippen LogP contribution in [0.15, 0.2) is 18.2 Å². The minimum absolute atomic E-state index is 0.0755. The van der Waals surface area contributed by atoms with Crippen LogP contribution in [0.1, 0.15) is 30.1 Å². The van der Waals surface area contributed by atoms with Gasteiger partial charge < -0.3 is 21.1 Å². The van der Waals surface area contributed by atoms with Crippen LogP contribution in [0.5, 0.6) is 0 Å². The lowest BCUT2D eigenvalue weighted by Gasteiger charge is -2.11. The average Bonchev–Trinajstić information content (AvgIpc) is 3.22. The molecule has 0 unspecified atom stereocenters. The highest BCUT2D eigenvalue weighted by atomic mass is 16.5.